The van der Waals surface area contributed by atoms with Gasteiger partial charge < -0.3 is 14.9 Å². The van der Waals surface area contributed by atoms with E-state index in [0.717, 1.165) is 0 Å². The Hall–Kier alpha value is -2.17. The molecular weight excluding hydrogens is 434 g/mol. The van der Waals surface area contributed by atoms with Crippen LogP contribution >= 0.6 is 11.6 Å². The maximum absolute atomic E-state index is 12.9. The highest BCUT2D eigenvalue weighted by atomic mass is 35.5. The van der Waals surface area contributed by atoms with Crippen LogP contribution in [0, 0.1) is 0 Å². The molecule has 2 aliphatic heterocycles. The molecule has 1 aromatic rings. The first-order chi connectivity index (χ1) is 14.3. The third kappa shape index (κ3) is 4.93. The van der Waals surface area contributed by atoms with Crippen LogP contribution in [0.3, 0.4) is 0 Å². The highest BCUT2D eigenvalue weighted by Gasteiger charge is 2.46. The Labute approximate surface area is 180 Å². The molecule has 9 nitrogen and oxygen atoms in total. The lowest BCUT2D eigenvalue weighted by molar-refractivity contribution is -0.142. The first kappa shape index (κ1) is 22.5. The lowest BCUT2D eigenvalue weighted by Crippen LogP contribution is -2.47. The number of amides is 1. The molecule has 1 amide bonds. The Morgan fingerprint density at radius 1 is 1.30 bits per heavy atom. The van der Waals surface area contributed by atoms with Gasteiger partial charge in [-0.05, 0) is 19.1 Å². The van der Waals surface area contributed by atoms with Crippen LogP contribution in [-0.4, -0.2) is 62.2 Å². The second-order valence-electron chi connectivity index (χ2n) is 7.13. The Balaban J connectivity index is 1.52. The first-order valence-corrected chi connectivity index (χ1v) is 11.5. The van der Waals surface area contributed by atoms with Gasteiger partial charge in [0.05, 0.1) is 18.1 Å². The van der Waals surface area contributed by atoms with E-state index in [4.69, 9.17) is 21.2 Å². The van der Waals surface area contributed by atoms with Crippen LogP contribution in [-0.2, 0) is 29.2 Å². The molecule has 2 heterocycles. The van der Waals surface area contributed by atoms with Crippen molar-refractivity contribution in [2.45, 2.75) is 43.1 Å². The summed E-state index contributed by atoms with van der Waals surface area (Å²) < 4.78 is 31.9. The summed E-state index contributed by atoms with van der Waals surface area (Å²) in [6.07, 6.45) is 1.17. The molecule has 1 N–H and O–H groups in total. The summed E-state index contributed by atoms with van der Waals surface area (Å²) in [4.78, 5) is 29.2. The van der Waals surface area contributed by atoms with Gasteiger partial charge in [-0.3, -0.25) is 9.59 Å². The minimum Gasteiger partial charge on any atom is -0.466 e. The van der Waals surface area contributed by atoms with Crippen molar-refractivity contribution in [2.24, 2.45) is 5.16 Å². The minimum atomic E-state index is -3.71. The zero-order valence-corrected chi connectivity index (χ0v) is 18.2. The number of carbonyl (C=O) groups is 2. The average Bonchev–Trinajstić information content (AvgIpc) is 3.12. The van der Waals surface area contributed by atoms with Crippen molar-refractivity contribution < 1.29 is 27.6 Å². The molecule has 1 aromatic carbocycles. The van der Waals surface area contributed by atoms with Gasteiger partial charge in [-0.2, -0.15) is 4.31 Å². The van der Waals surface area contributed by atoms with Crippen molar-refractivity contribution in [1.82, 2.24) is 9.62 Å². The maximum atomic E-state index is 12.9. The van der Waals surface area contributed by atoms with Gasteiger partial charge in [-0.25, -0.2) is 8.42 Å². The zero-order chi connectivity index (χ0) is 21.8. The van der Waals surface area contributed by atoms with Crippen molar-refractivity contribution in [3.05, 3.63) is 29.3 Å². The Morgan fingerprint density at radius 3 is 2.67 bits per heavy atom. The third-order valence-corrected chi connectivity index (χ3v) is 7.51. The van der Waals surface area contributed by atoms with Crippen molar-refractivity contribution >= 4 is 39.2 Å². The number of nitrogens with zero attached hydrogens (tertiary/aromatic N) is 2. The van der Waals surface area contributed by atoms with Crippen molar-refractivity contribution in [2.75, 3.05) is 26.2 Å². The fourth-order valence-corrected chi connectivity index (χ4v) is 5.39. The summed E-state index contributed by atoms with van der Waals surface area (Å²) in [6.45, 7) is 2.62. The minimum absolute atomic E-state index is 0.0767. The Bertz CT molecular complexity index is 941. The number of halogens is 1. The maximum Gasteiger partial charge on any atom is 0.307 e. The summed E-state index contributed by atoms with van der Waals surface area (Å²) in [5, 5.41) is 6.71. The van der Waals surface area contributed by atoms with Crippen LogP contribution in [0.15, 0.2) is 34.3 Å². The van der Waals surface area contributed by atoms with Crippen molar-refractivity contribution in [1.29, 1.82) is 0 Å². The standard InChI is InChI=1S/C19H24ClN3O6S/c1-2-28-17(24)7-10-21-18(25)15-13-19(29-22-15)8-11-23(12-9-19)30(26,27)16-6-4-3-5-14(16)20/h3-6H,2,7-13H2,1H3,(H,21,25). The predicted molar refractivity (Wildman–Crippen MR) is 110 cm³/mol. The molecule has 1 spiro atoms. The Morgan fingerprint density at radius 2 is 2.00 bits per heavy atom. The van der Waals surface area contributed by atoms with E-state index < -0.39 is 21.5 Å². The second kappa shape index (κ2) is 9.32. The third-order valence-electron chi connectivity index (χ3n) is 5.11. The van der Waals surface area contributed by atoms with Gasteiger partial charge in [0, 0.05) is 38.9 Å². The quantitative estimate of drug-likeness (QED) is 0.623. The number of oxime groups is 1. The molecule has 0 unspecified atom stereocenters. The molecule has 0 aromatic heterocycles. The van der Waals surface area contributed by atoms with Gasteiger partial charge in [0.25, 0.3) is 5.91 Å². The number of benzene rings is 1. The molecule has 0 bridgehead atoms. The molecule has 164 valence electrons. The van der Waals surface area contributed by atoms with Gasteiger partial charge in [0.1, 0.15) is 16.2 Å². The lowest BCUT2D eigenvalue weighted by atomic mass is 9.87. The van der Waals surface area contributed by atoms with Crippen LogP contribution in [0.25, 0.3) is 0 Å². The summed E-state index contributed by atoms with van der Waals surface area (Å²) in [5.74, 6) is -0.784. The van der Waals surface area contributed by atoms with Gasteiger partial charge in [0.2, 0.25) is 10.0 Å². The number of ether oxygens (including phenoxy) is 1. The highest BCUT2D eigenvalue weighted by Crippen LogP contribution is 2.37. The molecule has 3 rings (SSSR count). The van der Waals surface area contributed by atoms with Crippen LogP contribution < -0.4 is 5.32 Å². The molecule has 0 saturated carbocycles. The molecule has 0 radical (unpaired) electrons. The summed E-state index contributed by atoms with van der Waals surface area (Å²) in [5.41, 5.74) is -0.457. The van der Waals surface area contributed by atoms with Crippen molar-refractivity contribution in [3.8, 4) is 0 Å². The first-order valence-electron chi connectivity index (χ1n) is 9.71. The number of carbonyl (C=O) groups excluding carboxylic acids is 2. The van der Waals surface area contributed by atoms with Crippen molar-refractivity contribution in [3.63, 3.8) is 0 Å². The van der Waals surface area contributed by atoms with E-state index in [1.165, 1.54) is 10.4 Å². The normalized spacial score (nSPS) is 18.5. The fourth-order valence-electron chi connectivity index (χ4n) is 3.45. The molecule has 1 saturated heterocycles. The van der Waals surface area contributed by atoms with E-state index in [1.54, 1.807) is 25.1 Å². The largest absolute Gasteiger partial charge is 0.466 e. The topological polar surface area (TPSA) is 114 Å². The van der Waals surface area contributed by atoms with Crippen LogP contribution in [0.2, 0.25) is 5.02 Å². The van der Waals surface area contributed by atoms with E-state index in [-0.39, 0.29) is 54.1 Å². The summed E-state index contributed by atoms with van der Waals surface area (Å²) >= 11 is 6.06. The number of hydrogen-bond donors (Lipinski definition) is 1. The number of hydrogen-bond acceptors (Lipinski definition) is 7. The fraction of sp³-hybridized carbons (Fsp3) is 0.526. The molecule has 0 atom stereocenters. The predicted octanol–water partition coefficient (Wildman–Crippen LogP) is 1.71. The monoisotopic (exact) mass is 457 g/mol. The zero-order valence-electron chi connectivity index (χ0n) is 16.6. The van der Waals surface area contributed by atoms with E-state index in [2.05, 4.69) is 10.5 Å². The van der Waals surface area contributed by atoms with E-state index in [1.807, 2.05) is 0 Å². The molecule has 0 aliphatic carbocycles. The number of piperidine rings is 1. The Kier molecular flexibility index (Phi) is 6.99. The second-order valence-corrected chi connectivity index (χ2v) is 9.45. The number of nitrogens with one attached hydrogen (secondary N) is 1. The molecule has 1 fully saturated rings. The van der Waals surface area contributed by atoms with E-state index >= 15 is 0 Å². The molecule has 30 heavy (non-hydrogen) atoms. The highest BCUT2D eigenvalue weighted by molar-refractivity contribution is 7.89. The van der Waals surface area contributed by atoms with E-state index in [0.29, 0.717) is 19.4 Å². The smallest absolute Gasteiger partial charge is 0.307 e. The van der Waals surface area contributed by atoms with Gasteiger partial charge in [-0.15, -0.1) is 0 Å². The number of rotatable bonds is 7. The van der Waals surface area contributed by atoms with Crippen LogP contribution in [0.1, 0.15) is 32.6 Å². The molecular formula is C19H24ClN3O6S. The molecule has 11 heteroatoms. The number of esters is 1. The van der Waals surface area contributed by atoms with Gasteiger partial charge >= 0.3 is 5.97 Å². The number of sulfonamides is 1. The lowest BCUT2D eigenvalue weighted by Gasteiger charge is -2.36. The molecule has 2 aliphatic rings. The summed E-state index contributed by atoms with van der Waals surface area (Å²) in [7, 11) is -3.71. The van der Waals surface area contributed by atoms with Gasteiger partial charge in [0.15, 0.2) is 0 Å². The van der Waals surface area contributed by atoms with Crippen LogP contribution in [0.4, 0.5) is 0 Å². The summed E-state index contributed by atoms with van der Waals surface area (Å²) in [6, 6.07) is 6.33. The van der Waals surface area contributed by atoms with Crippen LogP contribution in [0.5, 0.6) is 0 Å². The van der Waals surface area contributed by atoms with E-state index in [9.17, 15) is 18.0 Å². The van der Waals surface area contributed by atoms with Gasteiger partial charge in [-0.1, -0.05) is 28.9 Å². The SMILES string of the molecule is CCOC(=O)CCNC(=O)C1=NOC2(CCN(S(=O)(=O)c3ccccc3Cl)CC2)C1. The average molecular weight is 458 g/mol.